The van der Waals surface area contributed by atoms with Crippen LogP contribution in [0.3, 0.4) is 0 Å². The molecule has 0 radical (unpaired) electrons. The summed E-state index contributed by atoms with van der Waals surface area (Å²) in [4.78, 5) is 12.5. The summed E-state index contributed by atoms with van der Waals surface area (Å²) in [6, 6.07) is 5.97. The van der Waals surface area contributed by atoms with Crippen LogP contribution >= 0.6 is 0 Å². The molecule has 168 valence electrons. The van der Waals surface area contributed by atoms with E-state index in [1.54, 1.807) is 0 Å². The van der Waals surface area contributed by atoms with E-state index in [9.17, 15) is 4.79 Å². The molecule has 2 aliphatic carbocycles. The molecule has 0 aromatic heterocycles. The van der Waals surface area contributed by atoms with Gasteiger partial charge in [0.05, 0.1) is 5.56 Å². The van der Waals surface area contributed by atoms with Gasteiger partial charge in [-0.05, 0) is 81.8 Å². The second-order valence-corrected chi connectivity index (χ2v) is 9.19. The van der Waals surface area contributed by atoms with Crippen molar-refractivity contribution in [2.45, 2.75) is 85.7 Å². The number of hydrogen-bond donors (Lipinski definition) is 0. The van der Waals surface area contributed by atoms with Crippen LogP contribution < -0.4 is 0 Å². The molecule has 0 unspecified atom stereocenters. The molecule has 0 spiro atoms. The quantitative estimate of drug-likeness (QED) is 0.244. The molecule has 0 amide bonds. The van der Waals surface area contributed by atoms with Crippen molar-refractivity contribution in [3.05, 3.63) is 59.2 Å². The summed E-state index contributed by atoms with van der Waals surface area (Å²) in [7, 11) is 0. The van der Waals surface area contributed by atoms with E-state index in [1.165, 1.54) is 38.5 Å². The Bertz CT molecular complexity index is 679. The van der Waals surface area contributed by atoms with Gasteiger partial charge in [-0.15, -0.1) is 0 Å². The van der Waals surface area contributed by atoms with Crippen molar-refractivity contribution in [2.24, 2.45) is 17.8 Å². The molecule has 2 nitrogen and oxygen atoms in total. The van der Waals surface area contributed by atoms with E-state index in [2.05, 4.69) is 45.1 Å². The number of ether oxygens (including phenoxy) is 1. The maximum atomic E-state index is 12.5. The predicted molar refractivity (Wildman–Crippen MR) is 123 cm³/mol. The monoisotopic (exact) mass is 498 g/mol. The molecular formula is C27H40O2Ru. The number of carbonyl (C=O) groups excluding carboxylic acids is 1. The van der Waals surface area contributed by atoms with Crippen molar-refractivity contribution in [1.82, 2.24) is 0 Å². The van der Waals surface area contributed by atoms with Crippen molar-refractivity contribution in [3.63, 3.8) is 0 Å². The minimum atomic E-state index is -0.152. The molecular weight excluding hydrogens is 457 g/mol. The summed E-state index contributed by atoms with van der Waals surface area (Å²) < 4.78 is 5.92. The average Bonchev–Trinajstić information content (AvgIpc) is 2.63. The number of aryl methyl sites for hydroxylation is 2. The van der Waals surface area contributed by atoms with Gasteiger partial charge in [-0.1, -0.05) is 69.2 Å². The Kier molecular flexibility index (Phi) is 12.5. The minimum absolute atomic E-state index is 0. The molecule has 0 aliphatic heterocycles. The normalized spacial score (nSPS) is 25.6. The van der Waals surface area contributed by atoms with Crippen LogP contribution in [-0.2, 0) is 24.2 Å². The number of rotatable bonds is 3. The van der Waals surface area contributed by atoms with Crippen molar-refractivity contribution in [2.75, 3.05) is 0 Å². The van der Waals surface area contributed by atoms with Crippen LogP contribution in [0.5, 0.6) is 0 Å². The van der Waals surface area contributed by atoms with Crippen LogP contribution in [0.4, 0.5) is 0 Å². The molecule has 2 aliphatic rings. The Morgan fingerprint density at radius 3 is 2.07 bits per heavy atom. The minimum Gasteiger partial charge on any atom is -0.458 e. The van der Waals surface area contributed by atoms with Crippen molar-refractivity contribution < 1.29 is 29.0 Å². The summed E-state index contributed by atoms with van der Waals surface area (Å²) in [5, 5.41) is 0. The van der Waals surface area contributed by atoms with E-state index in [4.69, 9.17) is 4.74 Å². The van der Waals surface area contributed by atoms with Gasteiger partial charge in [0.15, 0.2) is 0 Å². The molecule has 0 N–H and O–H groups in total. The fourth-order valence-electron chi connectivity index (χ4n) is 4.26. The summed E-state index contributed by atoms with van der Waals surface area (Å²) in [6.45, 7) is 10.7. The van der Waals surface area contributed by atoms with Gasteiger partial charge in [0, 0.05) is 19.5 Å². The standard InChI is InChI=1S/C19H28O2.C8H12.Ru/c1-12(2)16-9-7-14(4)11-18(16)21-19(20)17-10-13(3)6-8-15(17)5;1-2-4-6-8-7-5-3-1;/h6,8,10,12,14,16,18H,7,9,11H2,1-5H3;1-2,7-8H,3-6H2;/b;2-1-,8-7-;/t14-,16+,18-;;/m1../s1. The first-order valence-corrected chi connectivity index (χ1v) is 11.5. The largest absolute Gasteiger partial charge is 0.458 e. The molecule has 3 atom stereocenters. The Hall–Kier alpha value is -1.21. The SMILES string of the molecule is C1=C\CC/C=C\CC/1.Cc1ccc(C)c(C(=O)O[C@@H]2C[C@H](C)CC[C@H]2C(C)C)c1.[Ru]. The summed E-state index contributed by atoms with van der Waals surface area (Å²) in [5.74, 6) is 1.56. The first-order chi connectivity index (χ1) is 13.9. The van der Waals surface area contributed by atoms with Crippen LogP contribution in [0.15, 0.2) is 42.5 Å². The van der Waals surface area contributed by atoms with Gasteiger partial charge in [0.1, 0.15) is 6.10 Å². The summed E-state index contributed by atoms with van der Waals surface area (Å²) in [6.07, 6.45) is 17.5. The summed E-state index contributed by atoms with van der Waals surface area (Å²) >= 11 is 0. The van der Waals surface area contributed by atoms with E-state index in [1.807, 2.05) is 32.0 Å². The first-order valence-electron chi connectivity index (χ1n) is 11.5. The maximum absolute atomic E-state index is 12.5. The van der Waals surface area contributed by atoms with Crippen LogP contribution in [0.25, 0.3) is 0 Å². The molecule has 0 bridgehead atoms. The molecule has 1 aromatic carbocycles. The molecule has 1 saturated carbocycles. The predicted octanol–water partition coefficient (Wildman–Crippen LogP) is 7.59. The topological polar surface area (TPSA) is 26.3 Å². The fourth-order valence-corrected chi connectivity index (χ4v) is 4.26. The molecule has 1 fully saturated rings. The van der Waals surface area contributed by atoms with E-state index in [0.717, 1.165) is 23.1 Å². The number of allylic oxidation sites excluding steroid dienone is 4. The zero-order chi connectivity index (χ0) is 21.2. The second-order valence-electron chi connectivity index (χ2n) is 9.19. The number of hydrogen-bond acceptors (Lipinski definition) is 2. The second kappa shape index (κ2) is 14.0. The van der Waals surface area contributed by atoms with E-state index in [-0.39, 0.29) is 31.6 Å². The van der Waals surface area contributed by atoms with Gasteiger partial charge in [-0.2, -0.15) is 0 Å². The third-order valence-electron chi connectivity index (χ3n) is 6.17. The van der Waals surface area contributed by atoms with Gasteiger partial charge in [-0.3, -0.25) is 0 Å². The maximum Gasteiger partial charge on any atom is 0.338 e. The number of benzene rings is 1. The first kappa shape index (κ1) is 26.8. The van der Waals surface area contributed by atoms with Gasteiger partial charge in [0.2, 0.25) is 0 Å². The zero-order valence-corrected chi connectivity index (χ0v) is 21.2. The molecule has 0 heterocycles. The Balaban J connectivity index is 0.000000421. The average molecular weight is 498 g/mol. The molecule has 1 aromatic rings. The third-order valence-corrected chi connectivity index (χ3v) is 6.17. The summed E-state index contributed by atoms with van der Waals surface area (Å²) in [5.41, 5.74) is 2.82. The fraction of sp³-hybridized carbons (Fsp3) is 0.593. The van der Waals surface area contributed by atoms with Gasteiger partial charge in [0.25, 0.3) is 0 Å². The Morgan fingerprint density at radius 2 is 1.53 bits per heavy atom. The third kappa shape index (κ3) is 8.88. The van der Waals surface area contributed by atoms with Gasteiger partial charge < -0.3 is 4.74 Å². The van der Waals surface area contributed by atoms with E-state index in [0.29, 0.717) is 17.8 Å². The Labute approximate surface area is 197 Å². The van der Waals surface area contributed by atoms with Gasteiger partial charge in [-0.25, -0.2) is 4.79 Å². The van der Waals surface area contributed by atoms with Crippen molar-refractivity contribution in [3.8, 4) is 0 Å². The Morgan fingerprint density at radius 1 is 0.967 bits per heavy atom. The molecule has 3 heteroatoms. The van der Waals surface area contributed by atoms with Crippen LogP contribution in [-0.4, -0.2) is 12.1 Å². The van der Waals surface area contributed by atoms with Gasteiger partial charge >= 0.3 is 5.97 Å². The molecule has 0 saturated heterocycles. The van der Waals surface area contributed by atoms with Crippen molar-refractivity contribution >= 4 is 5.97 Å². The van der Waals surface area contributed by atoms with E-state index < -0.39 is 0 Å². The van der Waals surface area contributed by atoms with Crippen LogP contribution in [0.2, 0.25) is 0 Å². The number of esters is 1. The smallest absolute Gasteiger partial charge is 0.338 e. The van der Waals surface area contributed by atoms with E-state index >= 15 is 0 Å². The van der Waals surface area contributed by atoms with Crippen molar-refractivity contribution in [1.29, 1.82) is 0 Å². The molecule has 30 heavy (non-hydrogen) atoms. The molecule has 3 rings (SSSR count). The van der Waals surface area contributed by atoms with Crippen LogP contribution in [0.1, 0.15) is 87.2 Å². The number of carbonyl (C=O) groups is 1. The van der Waals surface area contributed by atoms with Crippen LogP contribution in [0, 0.1) is 31.6 Å². The zero-order valence-electron chi connectivity index (χ0n) is 19.5.